The second kappa shape index (κ2) is 5.05. The van der Waals surface area contributed by atoms with E-state index in [0.29, 0.717) is 23.3 Å². The molecule has 0 atom stereocenters. The first-order valence-corrected chi connectivity index (χ1v) is 6.43. The highest BCUT2D eigenvalue weighted by Crippen LogP contribution is 2.26. The van der Waals surface area contributed by atoms with Crippen molar-refractivity contribution in [3.63, 3.8) is 0 Å². The lowest BCUT2D eigenvalue weighted by atomic mass is 10.0. The highest BCUT2D eigenvalue weighted by atomic mass is 16.4. The molecule has 0 aliphatic rings. The highest BCUT2D eigenvalue weighted by molar-refractivity contribution is 6.03. The first-order valence-electron chi connectivity index (χ1n) is 6.43. The Balaban J connectivity index is 2.37. The molecule has 1 aromatic heterocycles. The highest BCUT2D eigenvalue weighted by Gasteiger charge is 2.22. The van der Waals surface area contributed by atoms with Gasteiger partial charge in [0.1, 0.15) is 16.9 Å². The quantitative estimate of drug-likeness (QED) is 0.865. The van der Waals surface area contributed by atoms with Gasteiger partial charge in [-0.1, -0.05) is 25.1 Å². The smallest absolute Gasteiger partial charge is 0.339 e. The molecule has 19 heavy (non-hydrogen) atoms. The van der Waals surface area contributed by atoms with Crippen molar-refractivity contribution < 1.29 is 14.3 Å². The maximum atomic E-state index is 11.4. The van der Waals surface area contributed by atoms with Gasteiger partial charge < -0.3 is 14.8 Å². The molecule has 0 saturated carbocycles. The summed E-state index contributed by atoms with van der Waals surface area (Å²) < 4.78 is 5.66. The van der Waals surface area contributed by atoms with Gasteiger partial charge in [-0.15, -0.1) is 0 Å². The van der Waals surface area contributed by atoms with Crippen molar-refractivity contribution in [1.29, 1.82) is 0 Å². The van der Waals surface area contributed by atoms with Gasteiger partial charge in [-0.2, -0.15) is 0 Å². The third kappa shape index (κ3) is 2.79. The molecule has 0 amide bonds. The molecular weight excluding hydrogens is 242 g/mol. The Kier molecular flexibility index (Phi) is 3.62. The Labute approximate surface area is 112 Å². The number of nitrogens with one attached hydrogen (secondary N) is 1. The second-order valence-electron chi connectivity index (χ2n) is 5.29. The standard InChI is InChI=1S/C15H19NO3/c1-4-15(2,3)16-9-12-13(14(17)18)10-7-5-6-8-11(10)19-12/h5-8,16H,4,9H2,1-3H3,(H,17,18). The van der Waals surface area contributed by atoms with Gasteiger partial charge in [0, 0.05) is 10.9 Å². The number of para-hydroxylation sites is 1. The van der Waals surface area contributed by atoms with Gasteiger partial charge in [-0.3, -0.25) is 0 Å². The predicted molar refractivity (Wildman–Crippen MR) is 74.4 cm³/mol. The number of aromatic carboxylic acids is 1. The van der Waals surface area contributed by atoms with Crippen LogP contribution in [0.15, 0.2) is 28.7 Å². The molecule has 2 aromatic rings. The fourth-order valence-corrected chi connectivity index (χ4v) is 1.90. The van der Waals surface area contributed by atoms with E-state index in [9.17, 15) is 9.90 Å². The molecule has 0 saturated heterocycles. The van der Waals surface area contributed by atoms with E-state index in [0.717, 1.165) is 6.42 Å². The van der Waals surface area contributed by atoms with Crippen LogP contribution in [-0.2, 0) is 6.54 Å². The Morgan fingerprint density at radius 3 is 2.68 bits per heavy atom. The Morgan fingerprint density at radius 1 is 1.37 bits per heavy atom. The molecule has 0 radical (unpaired) electrons. The van der Waals surface area contributed by atoms with Crippen LogP contribution in [0.1, 0.15) is 43.3 Å². The van der Waals surface area contributed by atoms with Gasteiger partial charge in [0.05, 0.1) is 6.54 Å². The molecule has 0 aliphatic carbocycles. The van der Waals surface area contributed by atoms with E-state index in [1.165, 1.54) is 0 Å². The number of fused-ring (bicyclic) bond motifs is 1. The maximum absolute atomic E-state index is 11.4. The summed E-state index contributed by atoms with van der Waals surface area (Å²) in [5.74, 6) is -0.466. The Bertz CT molecular complexity index is 598. The molecule has 1 heterocycles. The van der Waals surface area contributed by atoms with E-state index in [-0.39, 0.29) is 11.1 Å². The van der Waals surface area contributed by atoms with E-state index in [4.69, 9.17) is 4.42 Å². The number of rotatable bonds is 5. The number of carbonyl (C=O) groups is 1. The van der Waals surface area contributed by atoms with E-state index in [1.807, 2.05) is 12.1 Å². The fraction of sp³-hybridized carbons (Fsp3) is 0.400. The van der Waals surface area contributed by atoms with Crippen LogP contribution in [0, 0.1) is 0 Å². The topological polar surface area (TPSA) is 62.5 Å². The monoisotopic (exact) mass is 261 g/mol. The lowest BCUT2D eigenvalue weighted by molar-refractivity contribution is 0.0695. The normalized spacial score (nSPS) is 11.9. The predicted octanol–water partition coefficient (Wildman–Crippen LogP) is 3.41. The molecular formula is C15H19NO3. The van der Waals surface area contributed by atoms with Gasteiger partial charge in [0.2, 0.25) is 0 Å². The molecule has 1 aromatic carbocycles. The number of hydrogen-bond acceptors (Lipinski definition) is 3. The Morgan fingerprint density at radius 2 is 2.05 bits per heavy atom. The van der Waals surface area contributed by atoms with E-state index < -0.39 is 5.97 Å². The molecule has 102 valence electrons. The molecule has 2 rings (SSSR count). The van der Waals surface area contributed by atoms with Gasteiger partial charge in [0.25, 0.3) is 0 Å². The first kappa shape index (κ1) is 13.6. The lowest BCUT2D eigenvalue weighted by Crippen LogP contribution is -2.38. The zero-order valence-electron chi connectivity index (χ0n) is 11.5. The van der Waals surface area contributed by atoms with Crippen molar-refractivity contribution >= 4 is 16.9 Å². The summed E-state index contributed by atoms with van der Waals surface area (Å²) in [6.07, 6.45) is 0.954. The van der Waals surface area contributed by atoms with Crippen molar-refractivity contribution in [2.45, 2.75) is 39.3 Å². The van der Waals surface area contributed by atoms with Gasteiger partial charge >= 0.3 is 5.97 Å². The maximum Gasteiger partial charge on any atom is 0.339 e. The summed E-state index contributed by atoms with van der Waals surface area (Å²) in [5.41, 5.74) is 0.829. The van der Waals surface area contributed by atoms with Crippen molar-refractivity contribution in [3.05, 3.63) is 35.6 Å². The van der Waals surface area contributed by atoms with Crippen molar-refractivity contribution in [1.82, 2.24) is 5.32 Å². The largest absolute Gasteiger partial charge is 0.478 e. The summed E-state index contributed by atoms with van der Waals surface area (Å²) in [7, 11) is 0. The lowest BCUT2D eigenvalue weighted by Gasteiger charge is -2.23. The third-order valence-electron chi connectivity index (χ3n) is 3.49. The minimum Gasteiger partial charge on any atom is -0.478 e. The summed E-state index contributed by atoms with van der Waals surface area (Å²) >= 11 is 0. The molecule has 2 N–H and O–H groups in total. The molecule has 4 heteroatoms. The third-order valence-corrected chi connectivity index (χ3v) is 3.49. The number of carboxylic acid groups (broad SMARTS) is 1. The van der Waals surface area contributed by atoms with Crippen LogP contribution in [0.3, 0.4) is 0 Å². The zero-order valence-corrected chi connectivity index (χ0v) is 11.5. The van der Waals surface area contributed by atoms with Gasteiger partial charge in [-0.25, -0.2) is 4.79 Å². The summed E-state index contributed by atoms with van der Waals surface area (Å²) in [4.78, 5) is 11.4. The van der Waals surface area contributed by atoms with Crippen molar-refractivity contribution in [2.75, 3.05) is 0 Å². The molecule has 4 nitrogen and oxygen atoms in total. The number of furan rings is 1. The fourth-order valence-electron chi connectivity index (χ4n) is 1.90. The summed E-state index contributed by atoms with van der Waals surface area (Å²) in [5, 5.41) is 13.3. The average Bonchev–Trinajstić information content (AvgIpc) is 2.75. The zero-order chi connectivity index (χ0) is 14.0. The van der Waals surface area contributed by atoms with E-state index >= 15 is 0 Å². The molecule has 0 fully saturated rings. The van der Waals surface area contributed by atoms with Crippen molar-refractivity contribution in [2.24, 2.45) is 0 Å². The van der Waals surface area contributed by atoms with Gasteiger partial charge in [0.15, 0.2) is 0 Å². The number of benzene rings is 1. The SMILES string of the molecule is CCC(C)(C)NCc1oc2ccccc2c1C(=O)O. The average molecular weight is 261 g/mol. The van der Waals surface area contributed by atoms with Crippen LogP contribution in [0.5, 0.6) is 0 Å². The van der Waals surface area contributed by atoms with Crippen LogP contribution in [0.2, 0.25) is 0 Å². The van der Waals surface area contributed by atoms with E-state index in [2.05, 4.69) is 26.1 Å². The van der Waals surface area contributed by atoms with Crippen LogP contribution in [0.25, 0.3) is 11.0 Å². The van der Waals surface area contributed by atoms with Crippen LogP contribution >= 0.6 is 0 Å². The Hall–Kier alpha value is -1.81. The second-order valence-corrected chi connectivity index (χ2v) is 5.29. The van der Waals surface area contributed by atoms with Crippen LogP contribution in [0.4, 0.5) is 0 Å². The van der Waals surface area contributed by atoms with Gasteiger partial charge in [-0.05, 0) is 26.3 Å². The molecule has 0 bridgehead atoms. The summed E-state index contributed by atoms with van der Waals surface area (Å²) in [6.45, 7) is 6.66. The van der Waals surface area contributed by atoms with Crippen LogP contribution in [-0.4, -0.2) is 16.6 Å². The van der Waals surface area contributed by atoms with E-state index in [1.54, 1.807) is 12.1 Å². The molecule has 0 unspecified atom stereocenters. The van der Waals surface area contributed by atoms with Crippen molar-refractivity contribution in [3.8, 4) is 0 Å². The molecule has 0 spiro atoms. The minimum atomic E-state index is -0.948. The number of hydrogen-bond donors (Lipinski definition) is 2. The minimum absolute atomic E-state index is 0.0469. The first-order chi connectivity index (χ1) is 8.94. The van der Waals surface area contributed by atoms with Crippen LogP contribution < -0.4 is 5.32 Å². The summed E-state index contributed by atoms with van der Waals surface area (Å²) in [6, 6.07) is 7.22. The number of carboxylic acids is 1. The molecule has 0 aliphatic heterocycles.